The largest absolute Gasteiger partial charge is 0.457 e. The number of hydrogen-bond donors (Lipinski definition) is 0. The number of thiophene rings is 1. The molecule has 0 fully saturated rings. The summed E-state index contributed by atoms with van der Waals surface area (Å²) in [5, 5.41) is 2.66. The molecule has 1 aromatic heterocycles. The molecule has 1 nitrogen and oxygen atoms in total. The van der Waals surface area contributed by atoms with Gasteiger partial charge in [-0.3, -0.25) is 0 Å². The topological polar surface area (TPSA) is 9.23 Å². The van der Waals surface area contributed by atoms with Gasteiger partial charge in [0.25, 0.3) is 0 Å². The molecule has 51 heavy (non-hydrogen) atoms. The second kappa shape index (κ2) is 12.0. The fraction of sp³-hybridized carbons (Fsp3) is 0.0204. The summed E-state index contributed by atoms with van der Waals surface area (Å²) in [5.41, 5.74) is 11.4. The smallest absolute Gasteiger partial charge is 0.132 e. The van der Waals surface area contributed by atoms with Crippen LogP contribution in [0.25, 0.3) is 53.6 Å². The van der Waals surface area contributed by atoms with Crippen LogP contribution in [0.3, 0.4) is 0 Å². The molecule has 2 heterocycles. The Kier molecular flexibility index (Phi) is 6.97. The van der Waals surface area contributed by atoms with E-state index in [0.717, 1.165) is 33.8 Å². The van der Waals surface area contributed by atoms with Crippen LogP contribution in [0.1, 0.15) is 22.3 Å². The molecule has 8 aromatic carbocycles. The highest BCUT2D eigenvalue weighted by molar-refractivity contribution is 7.26. The quantitative estimate of drug-likeness (QED) is 0.177. The maximum atomic E-state index is 6.76. The van der Waals surface area contributed by atoms with Crippen molar-refractivity contribution in [2.24, 2.45) is 0 Å². The molecule has 1 aliphatic heterocycles. The van der Waals surface area contributed by atoms with Crippen LogP contribution in [-0.2, 0) is 5.41 Å². The van der Waals surface area contributed by atoms with Gasteiger partial charge in [-0.1, -0.05) is 170 Å². The summed E-state index contributed by atoms with van der Waals surface area (Å²) >= 11 is 1.88. The molecule has 0 amide bonds. The summed E-state index contributed by atoms with van der Waals surface area (Å²) in [7, 11) is 0. The number of hydrogen-bond acceptors (Lipinski definition) is 2. The van der Waals surface area contributed by atoms with E-state index in [1.807, 2.05) is 11.3 Å². The SMILES string of the molecule is c1ccc(C2(c3ccccc3)c3ccccc3Oc3cc(-c4cccc(-c5ccc(-c6cccc7c6sc6ccccc67)cc5)c4)ccc32)cc1. The maximum absolute atomic E-state index is 6.76. The summed E-state index contributed by atoms with van der Waals surface area (Å²) in [5.74, 6) is 1.76. The Labute approximate surface area is 301 Å². The number of fused-ring (bicyclic) bond motifs is 5. The Hall–Kier alpha value is -6.22. The second-order valence-electron chi connectivity index (χ2n) is 13.2. The molecule has 0 N–H and O–H groups in total. The molecule has 0 bridgehead atoms. The molecule has 240 valence electrons. The van der Waals surface area contributed by atoms with E-state index in [-0.39, 0.29) is 0 Å². The van der Waals surface area contributed by atoms with Crippen molar-refractivity contribution in [2.45, 2.75) is 5.41 Å². The number of para-hydroxylation sites is 1. The van der Waals surface area contributed by atoms with Crippen LogP contribution in [0.5, 0.6) is 11.5 Å². The first-order chi connectivity index (χ1) is 25.3. The van der Waals surface area contributed by atoms with Crippen molar-refractivity contribution in [3.05, 3.63) is 216 Å². The molecular formula is C49H32OS. The minimum Gasteiger partial charge on any atom is -0.457 e. The van der Waals surface area contributed by atoms with E-state index < -0.39 is 5.41 Å². The van der Waals surface area contributed by atoms with E-state index in [2.05, 4.69) is 194 Å². The highest BCUT2D eigenvalue weighted by Crippen LogP contribution is 2.55. The summed E-state index contributed by atoms with van der Waals surface area (Å²) < 4.78 is 9.43. The van der Waals surface area contributed by atoms with E-state index in [9.17, 15) is 0 Å². The lowest BCUT2D eigenvalue weighted by atomic mass is 9.63. The van der Waals surface area contributed by atoms with Crippen molar-refractivity contribution in [1.29, 1.82) is 0 Å². The predicted octanol–water partition coefficient (Wildman–Crippen LogP) is 13.5. The minimum absolute atomic E-state index is 0.519. The Morgan fingerprint density at radius 2 is 0.941 bits per heavy atom. The molecule has 0 unspecified atom stereocenters. The zero-order valence-corrected chi connectivity index (χ0v) is 28.6. The summed E-state index contributed by atoms with van der Waals surface area (Å²) in [6.07, 6.45) is 0. The molecule has 0 radical (unpaired) electrons. The van der Waals surface area contributed by atoms with Crippen molar-refractivity contribution in [3.8, 4) is 44.9 Å². The molecule has 0 spiro atoms. The highest BCUT2D eigenvalue weighted by Gasteiger charge is 2.45. The number of rotatable bonds is 5. The summed E-state index contributed by atoms with van der Waals surface area (Å²) in [4.78, 5) is 0. The van der Waals surface area contributed by atoms with E-state index in [4.69, 9.17) is 4.74 Å². The lowest BCUT2D eigenvalue weighted by molar-refractivity contribution is 0.435. The average molecular weight is 669 g/mol. The monoisotopic (exact) mass is 668 g/mol. The van der Waals surface area contributed by atoms with Crippen molar-refractivity contribution in [1.82, 2.24) is 0 Å². The van der Waals surface area contributed by atoms with Crippen molar-refractivity contribution < 1.29 is 4.74 Å². The highest BCUT2D eigenvalue weighted by atomic mass is 32.1. The van der Waals surface area contributed by atoms with Gasteiger partial charge in [0.05, 0.1) is 5.41 Å². The molecule has 0 aliphatic carbocycles. The van der Waals surface area contributed by atoms with Gasteiger partial charge in [-0.15, -0.1) is 11.3 Å². The first-order valence-corrected chi connectivity index (χ1v) is 18.2. The van der Waals surface area contributed by atoms with Gasteiger partial charge in [-0.25, -0.2) is 0 Å². The number of benzene rings is 8. The van der Waals surface area contributed by atoms with E-state index >= 15 is 0 Å². The van der Waals surface area contributed by atoms with Crippen molar-refractivity contribution in [2.75, 3.05) is 0 Å². The van der Waals surface area contributed by atoms with Crippen LogP contribution >= 0.6 is 11.3 Å². The normalized spacial score (nSPS) is 13.0. The van der Waals surface area contributed by atoms with E-state index in [1.165, 1.54) is 53.6 Å². The molecule has 0 saturated carbocycles. The average Bonchev–Trinajstić information content (AvgIpc) is 3.60. The molecule has 2 heteroatoms. The molecule has 10 rings (SSSR count). The molecule has 0 atom stereocenters. The number of ether oxygens (including phenoxy) is 1. The fourth-order valence-corrected chi connectivity index (χ4v) is 9.32. The van der Waals surface area contributed by atoms with Crippen LogP contribution in [-0.4, -0.2) is 0 Å². The molecule has 0 saturated heterocycles. The van der Waals surface area contributed by atoms with Crippen molar-refractivity contribution in [3.63, 3.8) is 0 Å². The summed E-state index contributed by atoms with van der Waals surface area (Å²) in [6.45, 7) is 0. The van der Waals surface area contributed by atoms with Gasteiger partial charge in [0, 0.05) is 31.3 Å². The van der Waals surface area contributed by atoms with Gasteiger partial charge < -0.3 is 4.74 Å². The van der Waals surface area contributed by atoms with Crippen LogP contribution < -0.4 is 4.74 Å². The zero-order valence-electron chi connectivity index (χ0n) is 27.8. The lowest BCUT2D eigenvalue weighted by Crippen LogP contribution is -2.34. The van der Waals surface area contributed by atoms with Gasteiger partial charge in [-0.2, -0.15) is 0 Å². The first kappa shape index (κ1) is 29.7. The molecule has 1 aliphatic rings. The predicted molar refractivity (Wildman–Crippen MR) is 214 cm³/mol. The van der Waals surface area contributed by atoms with Crippen LogP contribution in [0.15, 0.2) is 194 Å². The van der Waals surface area contributed by atoms with Crippen LogP contribution in [0.4, 0.5) is 0 Å². The summed E-state index contributed by atoms with van der Waals surface area (Å²) in [6, 6.07) is 70.1. The Morgan fingerprint density at radius 1 is 0.373 bits per heavy atom. The van der Waals surface area contributed by atoms with Crippen LogP contribution in [0, 0.1) is 0 Å². The van der Waals surface area contributed by atoms with Gasteiger partial charge in [0.15, 0.2) is 0 Å². The third-order valence-corrected chi connectivity index (χ3v) is 11.7. The lowest BCUT2D eigenvalue weighted by Gasteiger charge is -2.41. The van der Waals surface area contributed by atoms with Crippen molar-refractivity contribution >= 4 is 31.5 Å². The standard InChI is InChI=1S/C49H32OS/c1-3-15-38(16-4-1)49(39-17-5-2-6-18-39)43-22-8-9-23-45(43)50-46-32-37(29-30-44(46)49)36-14-11-13-35(31-36)33-25-27-34(28-26-33)40-20-12-21-42-41-19-7-10-24-47(41)51-48(40)42/h1-32H. The van der Waals surface area contributed by atoms with Gasteiger partial charge in [0.1, 0.15) is 11.5 Å². The fourth-order valence-electron chi connectivity index (χ4n) is 8.09. The van der Waals surface area contributed by atoms with Gasteiger partial charge >= 0.3 is 0 Å². The first-order valence-electron chi connectivity index (χ1n) is 17.4. The molecular weight excluding hydrogens is 637 g/mol. The third kappa shape index (κ3) is 4.75. The zero-order chi connectivity index (χ0) is 33.8. The van der Waals surface area contributed by atoms with Gasteiger partial charge in [0.2, 0.25) is 0 Å². The van der Waals surface area contributed by atoms with Gasteiger partial charge in [-0.05, 0) is 68.8 Å². The maximum Gasteiger partial charge on any atom is 0.132 e. The third-order valence-electron chi connectivity index (χ3n) is 10.4. The second-order valence-corrected chi connectivity index (χ2v) is 14.3. The minimum atomic E-state index is -0.519. The Morgan fingerprint density at radius 3 is 1.73 bits per heavy atom. The van der Waals surface area contributed by atoms with E-state index in [0.29, 0.717) is 0 Å². The Balaban J connectivity index is 1.05. The van der Waals surface area contributed by atoms with E-state index in [1.54, 1.807) is 0 Å². The van der Waals surface area contributed by atoms with Crippen LogP contribution in [0.2, 0.25) is 0 Å². The molecule has 9 aromatic rings. The Bertz CT molecular complexity index is 2670.